The first-order chi connectivity index (χ1) is 12.2. The lowest BCUT2D eigenvalue weighted by molar-refractivity contribution is 0.327. The lowest BCUT2D eigenvalue weighted by Crippen LogP contribution is -2.06. The van der Waals surface area contributed by atoms with Gasteiger partial charge in [-0.05, 0) is 13.0 Å². The van der Waals surface area contributed by atoms with Gasteiger partial charge in [-0.3, -0.25) is 9.97 Å². The number of aryl methyl sites for hydroxylation is 1. The summed E-state index contributed by atoms with van der Waals surface area (Å²) in [5.41, 5.74) is 2.32. The molecule has 0 bridgehead atoms. The van der Waals surface area contributed by atoms with Gasteiger partial charge in [0.25, 0.3) is 0 Å². The SMILES string of the molecule is COc1cc2c(NCc3cnc(C)cn3)ncnc2c(OC)c1OC. The molecule has 2 heterocycles. The lowest BCUT2D eigenvalue weighted by atomic mass is 10.2. The van der Waals surface area contributed by atoms with Crippen LogP contribution in [0.4, 0.5) is 5.82 Å². The van der Waals surface area contributed by atoms with Crippen LogP contribution in [-0.2, 0) is 6.54 Å². The first-order valence-electron chi connectivity index (χ1n) is 7.63. The highest BCUT2D eigenvalue weighted by Gasteiger charge is 2.19. The molecular formula is C17H19N5O3. The van der Waals surface area contributed by atoms with Gasteiger partial charge in [0.05, 0.1) is 50.8 Å². The molecule has 0 saturated heterocycles. The summed E-state index contributed by atoms with van der Waals surface area (Å²) >= 11 is 0. The van der Waals surface area contributed by atoms with Gasteiger partial charge in [-0.15, -0.1) is 0 Å². The molecule has 1 N–H and O–H groups in total. The number of nitrogens with one attached hydrogen (secondary N) is 1. The van der Waals surface area contributed by atoms with Crippen molar-refractivity contribution in [2.24, 2.45) is 0 Å². The number of ether oxygens (including phenoxy) is 3. The molecule has 0 atom stereocenters. The topological polar surface area (TPSA) is 91.3 Å². The third-order valence-electron chi connectivity index (χ3n) is 3.70. The molecule has 0 fully saturated rings. The monoisotopic (exact) mass is 341 g/mol. The van der Waals surface area contributed by atoms with Crippen molar-refractivity contribution in [3.05, 3.63) is 36.2 Å². The number of methoxy groups -OCH3 is 3. The van der Waals surface area contributed by atoms with E-state index in [9.17, 15) is 0 Å². The van der Waals surface area contributed by atoms with E-state index in [1.165, 1.54) is 6.33 Å². The number of nitrogens with zero attached hydrogens (tertiary/aromatic N) is 4. The minimum absolute atomic E-state index is 0.482. The summed E-state index contributed by atoms with van der Waals surface area (Å²) in [5, 5.41) is 4.02. The number of anilines is 1. The molecule has 1 aromatic carbocycles. The van der Waals surface area contributed by atoms with E-state index in [2.05, 4.69) is 25.3 Å². The number of hydrogen-bond acceptors (Lipinski definition) is 8. The normalized spacial score (nSPS) is 10.6. The van der Waals surface area contributed by atoms with Crippen LogP contribution in [-0.4, -0.2) is 41.3 Å². The van der Waals surface area contributed by atoms with Crippen LogP contribution in [0, 0.1) is 6.92 Å². The minimum atomic E-state index is 0.482. The van der Waals surface area contributed by atoms with E-state index in [1.54, 1.807) is 33.7 Å². The Morgan fingerprint density at radius 1 is 0.920 bits per heavy atom. The molecule has 2 aromatic heterocycles. The van der Waals surface area contributed by atoms with Crippen molar-refractivity contribution in [2.45, 2.75) is 13.5 Å². The summed E-state index contributed by atoms with van der Waals surface area (Å²) in [5.74, 6) is 2.18. The molecule has 0 unspecified atom stereocenters. The Morgan fingerprint density at radius 2 is 1.72 bits per heavy atom. The average Bonchev–Trinajstić information content (AvgIpc) is 2.65. The van der Waals surface area contributed by atoms with Crippen molar-refractivity contribution in [3.63, 3.8) is 0 Å². The second kappa shape index (κ2) is 7.16. The fourth-order valence-electron chi connectivity index (χ4n) is 2.49. The molecule has 0 radical (unpaired) electrons. The van der Waals surface area contributed by atoms with E-state index in [0.29, 0.717) is 35.1 Å². The fourth-order valence-corrected chi connectivity index (χ4v) is 2.49. The van der Waals surface area contributed by atoms with Crippen LogP contribution in [0.5, 0.6) is 17.2 Å². The van der Waals surface area contributed by atoms with Gasteiger partial charge in [-0.25, -0.2) is 9.97 Å². The quantitative estimate of drug-likeness (QED) is 0.731. The van der Waals surface area contributed by atoms with Crippen LogP contribution in [0.3, 0.4) is 0 Å². The molecule has 0 aliphatic carbocycles. The molecule has 0 amide bonds. The highest BCUT2D eigenvalue weighted by molar-refractivity contribution is 5.96. The maximum atomic E-state index is 5.48. The van der Waals surface area contributed by atoms with E-state index < -0.39 is 0 Å². The zero-order valence-electron chi connectivity index (χ0n) is 14.5. The van der Waals surface area contributed by atoms with Crippen molar-refractivity contribution in [2.75, 3.05) is 26.6 Å². The predicted molar refractivity (Wildman–Crippen MR) is 93.3 cm³/mol. The maximum Gasteiger partial charge on any atom is 0.205 e. The van der Waals surface area contributed by atoms with Crippen LogP contribution in [0.1, 0.15) is 11.4 Å². The highest BCUT2D eigenvalue weighted by atomic mass is 16.5. The van der Waals surface area contributed by atoms with Crippen LogP contribution >= 0.6 is 0 Å². The molecule has 130 valence electrons. The Labute approximate surface area is 145 Å². The van der Waals surface area contributed by atoms with Crippen LogP contribution in [0.15, 0.2) is 24.8 Å². The Hall–Kier alpha value is -3.16. The van der Waals surface area contributed by atoms with E-state index in [4.69, 9.17) is 14.2 Å². The van der Waals surface area contributed by atoms with Crippen LogP contribution in [0.2, 0.25) is 0 Å². The third kappa shape index (κ3) is 3.23. The largest absolute Gasteiger partial charge is 0.493 e. The third-order valence-corrected chi connectivity index (χ3v) is 3.70. The maximum absolute atomic E-state index is 5.48. The zero-order valence-corrected chi connectivity index (χ0v) is 14.5. The summed E-state index contributed by atoms with van der Waals surface area (Å²) < 4.78 is 16.3. The summed E-state index contributed by atoms with van der Waals surface area (Å²) in [4.78, 5) is 17.2. The van der Waals surface area contributed by atoms with Gasteiger partial charge in [-0.2, -0.15) is 0 Å². The minimum Gasteiger partial charge on any atom is -0.493 e. The molecule has 0 aliphatic rings. The van der Waals surface area contributed by atoms with Crippen LogP contribution < -0.4 is 19.5 Å². The second-order valence-electron chi connectivity index (χ2n) is 5.27. The van der Waals surface area contributed by atoms with Gasteiger partial charge in [-0.1, -0.05) is 0 Å². The van der Waals surface area contributed by atoms with Crippen molar-refractivity contribution in [3.8, 4) is 17.2 Å². The Balaban J connectivity index is 2.02. The Kier molecular flexibility index (Phi) is 4.78. The van der Waals surface area contributed by atoms with Gasteiger partial charge < -0.3 is 19.5 Å². The Bertz CT molecular complexity index is 884. The molecule has 3 aromatic rings. The number of rotatable bonds is 6. The van der Waals surface area contributed by atoms with E-state index in [1.807, 2.05) is 13.0 Å². The van der Waals surface area contributed by atoms with Crippen molar-refractivity contribution in [1.29, 1.82) is 0 Å². The number of aromatic nitrogens is 4. The van der Waals surface area contributed by atoms with Gasteiger partial charge >= 0.3 is 0 Å². The smallest absolute Gasteiger partial charge is 0.205 e. The lowest BCUT2D eigenvalue weighted by Gasteiger charge is -2.15. The number of hydrogen-bond donors (Lipinski definition) is 1. The van der Waals surface area contributed by atoms with Gasteiger partial charge in [0, 0.05) is 6.20 Å². The predicted octanol–water partition coefficient (Wildman–Crippen LogP) is 2.37. The first kappa shape index (κ1) is 16.7. The highest BCUT2D eigenvalue weighted by Crippen LogP contribution is 2.43. The molecular weight excluding hydrogens is 322 g/mol. The zero-order chi connectivity index (χ0) is 17.8. The van der Waals surface area contributed by atoms with E-state index >= 15 is 0 Å². The fraction of sp³-hybridized carbons (Fsp3) is 0.294. The molecule has 25 heavy (non-hydrogen) atoms. The average molecular weight is 341 g/mol. The van der Waals surface area contributed by atoms with E-state index in [-0.39, 0.29) is 0 Å². The molecule has 0 aliphatic heterocycles. The molecule has 3 rings (SSSR count). The van der Waals surface area contributed by atoms with E-state index in [0.717, 1.165) is 16.8 Å². The summed E-state index contributed by atoms with van der Waals surface area (Å²) in [6.45, 7) is 2.38. The van der Waals surface area contributed by atoms with Crippen molar-refractivity contribution >= 4 is 16.7 Å². The van der Waals surface area contributed by atoms with Gasteiger partial charge in [0.15, 0.2) is 11.5 Å². The summed E-state index contributed by atoms with van der Waals surface area (Å²) in [7, 11) is 4.69. The number of fused-ring (bicyclic) bond motifs is 1. The summed E-state index contributed by atoms with van der Waals surface area (Å²) in [6.07, 6.45) is 4.93. The molecule has 8 nitrogen and oxygen atoms in total. The summed E-state index contributed by atoms with van der Waals surface area (Å²) in [6, 6.07) is 1.82. The molecule has 8 heteroatoms. The van der Waals surface area contributed by atoms with Crippen molar-refractivity contribution in [1.82, 2.24) is 19.9 Å². The number of benzene rings is 1. The first-order valence-corrected chi connectivity index (χ1v) is 7.63. The van der Waals surface area contributed by atoms with Gasteiger partial charge in [0.2, 0.25) is 5.75 Å². The van der Waals surface area contributed by atoms with Crippen LogP contribution in [0.25, 0.3) is 10.9 Å². The second-order valence-corrected chi connectivity index (χ2v) is 5.27. The molecule has 0 spiro atoms. The Morgan fingerprint density at radius 3 is 2.36 bits per heavy atom. The molecule has 0 saturated carbocycles. The van der Waals surface area contributed by atoms with Crippen molar-refractivity contribution < 1.29 is 14.2 Å². The standard InChI is InChI=1S/C17H19N5O3/c1-10-6-19-11(7-18-10)8-20-17-12-5-13(23-2)15(24-3)16(25-4)14(12)21-9-22-17/h5-7,9H,8H2,1-4H3,(H,20,21,22). The van der Waals surface area contributed by atoms with Gasteiger partial charge in [0.1, 0.15) is 17.7 Å².